The van der Waals surface area contributed by atoms with Gasteiger partial charge in [0.25, 0.3) is 5.91 Å². The largest absolute Gasteiger partial charge is 0.416 e. The summed E-state index contributed by atoms with van der Waals surface area (Å²) in [5.74, 6) is 0.662. The molecule has 2 aromatic heterocycles. The molecule has 1 unspecified atom stereocenters. The van der Waals surface area contributed by atoms with E-state index in [0.29, 0.717) is 24.7 Å². The van der Waals surface area contributed by atoms with Gasteiger partial charge in [0.05, 0.1) is 22.5 Å². The number of alkyl halides is 3. The van der Waals surface area contributed by atoms with Crippen LogP contribution in [0.2, 0.25) is 0 Å². The Labute approximate surface area is 335 Å². The number of carbonyl (C=O) groups is 3. The number of imidazole rings is 1. The van der Waals surface area contributed by atoms with Gasteiger partial charge in [0.2, 0.25) is 17.8 Å². The molecule has 12 nitrogen and oxygen atoms in total. The Balaban J connectivity index is 0.856. The van der Waals surface area contributed by atoms with Crippen LogP contribution >= 0.6 is 0 Å². The summed E-state index contributed by atoms with van der Waals surface area (Å²) in [5, 5.41) is 15.0. The van der Waals surface area contributed by atoms with E-state index in [1.807, 2.05) is 22.8 Å². The maximum absolute atomic E-state index is 13.4. The van der Waals surface area contributed by atoms with E-state index in [2.05, 4.69) is 42.5 Å². The number of aliphatic hydroxyl groups excluding tert-OH is 1. The molecule has 8 rings (SSSR count). The van der Waals surface area contributed by atoms with E-state index in [-0.39, 0.29) is 41.9 Å². The van der Waals surface area contributed by atoms with Gasteiger partial charge in [0.1, 0.15) is 5.82 Å². The quantitative estimate of drug-likeness (QED) is 0.166. The number of carbonyl (C=O) groups excluding carboxylic acids is 3. The van der Waals surface area contributed by atoms with Gasteiger partial charge >= 0.3 is 6.18 Å². The topological polar surface area (TPSA) is 136 Å². The fraction of sp³-hybridized carbons (Fsp3) is 0.512. The van der Waals surface area contributed by atoms with Crippen LogP contribution in [0.4, 0.5) is 24.9 Å². The lowest BCUT2D eigenvalue weighted by molar-refractivity contribution is -0.138. The van der Waals surface area contributed by atoms with Gasteiger partial charge < -0.3 is 19.5 Å². The standard InChI is InChI=1S/C43H51F3N8O4/c44-43(45,46)33-3-1-2-31(23-33)40(57)50-42-48-36-22-30(6-11-37(36)54(42)34-8-4-29(27-55)5-9-34)26-52-20-18-51(19-21-52)25-28-14-16-53(17-15-28)38-12-7-32(24-47-38)35-10-13-39(56)49-41(35)58/h1-3,6-7,11-12,22-24,28-29,34-35,55H,4-5,8-10,13-21,25-27H2,(H,48,50,57)(H,49,56,58)/t29-,34+,35?. The number of aromatic nitrogens is 3. The van der Waals surface area contributed by atoms with Crippen molar-refractivity contribution in [1.82, 2.24) is 29.7 Å². The van der Waals surface area contributed by atoms with Crippen molar-refractivity contribution in [3.05, 3.63) is 83.0 Å². The monoisotopic (exact) mass is 800 g/mol. The summed E-state index contributed by atoms with van der Waals surface area (Å²) >= 11 is 0. The molecule has 5 heterocycles. The molecule has 3 amide bonds. The predicted molar refractivity (Wildman–Crippen MR) is 213 cm³/mol. The molecule has 2 aromatic carbocycles. The maximum atomic E-state index is 13.4. The van der Waals surface area contributed by atoms with Gasteiger partial charge in [0.15, 0.2) is 0 Å². The summed E-state index contributed by atoms with van der Waals surface area (Å²) in [7, 11) is 0. The summed E-state index contributed by atoms with van der Waals surface area (Å²) in [4.78, 5) is 54.0. The minimum absolute atomic E-state index is 0.0332. The fourth-order valence-corrected chi connectivity index (χ4v) is 9.20. The lowest BCUT2D eigenvalue weighted by Gasteiger charge is -2.39. The number of imide groups is 1. The van der Waals surface area contributed by atoms with Gasteiger partial charge in [-0.3, -0.25) is 29.9 Å². The minimum Gasteiger partial charge on any atom is -0.396 e. The summed E-state index contributed by atoms with van der Waals surface area (Å²) < 4.78 is 42.3. The normalized spacial score (nSPS) is 23.0. The molecule has 4 fully saturated rings. The number of anilines is 2. The molecule has 4 aromatic rings. The van der Waals surface area contributed by atoms with E-state index < -0.39 is 17.6 Å². The van der Waals surface area contributed by atoms with E-state index in [1.165, 1.54) is 12.1 Å². The smallest absolute Gasteiger partial charge is 0.396 e. The number of piperazine rings is 1. The summed E-state index contributed by atoms with van der Waals surface area (Å²) in [6.07, 6.45) is 3.55. The maximum Gasteiger partial charge on any atom is 0.416 e. The number of rotatable bonds is 10. The Morgan fingerprint density at radius 2 is 1.62 bits per heavy atom. The Bertz CT molecular complexity index is 2100. The van der Waals surface area contributed by atoms with Gasteiger partial charge in [-0.25, -0.2) is 9.97 Å². The van der Waals surface area contributed by atoms with Crippen LogP contribution in [0, 0.1) is 11.8 Å². The number of fused-ring (bicyclic) bond motifs is 1. The van der Waals surface area contributed by atoms with Crippen LogP contribution in [0.25, 0.3) is 11.0 Å². The van der Waals surface area contributed by atoms with Crippen LogP contribution in [0.1, 0.15) is 90.4 Å². The number of halogens is 3. The van der Waals surface area contributed by atoms with Gasteiger partial charge in [-0.15, -0.1) is 0 Å². The van der Waals surface area contributed by atoms with E-state index in [9.17, 15) is 32.7 Å². The summed E-state index contributed by atoms with van der Waals surface area (Å²) in [6.45, 7) is 7.72. The first-order chi connectivity index (χ1) is 28.0. The number of nitrogens with zero attached hydrogens (tertiary/aromatic N) is 6. The van der Waals surface area contributed by atoms with Crippen molar-refractivity contribution < 1.29 is 32.7 Å². The minimum atomic E-state index is -4.56. The Hall–Kier alpha value is -4.86. The molecular weight excluding hydrogens is 750 g/mol. The van der Waals surface area contributed by atoms with Crippen molar-refractivity contribution in [1.29, 1.82) is 0 Å². The van der Waals surface area contributed by atoms with Crippen LogP contribution in [-0.2, 0) is 22.3 Å². The number of hydrogen-bond donors (Lipinski definition) is 3. The average Bonchev–Trinajstić information content (AvgIpc) is 3.58. The first kappa shape index (κ1) is 39.9. The lowest BCUT2D eigenvalue weighted by Crippen LogP contribution is -2.48. The van der Waals surface area contributed by atoms with E-state index in [4.69, 9.17) is 4.98 Å². The number of benzene rings is 2. The molecule has 308 valence electrons. The Morgan fingerprint density at radius 1 is 0.862 bits per heavy atom. The highest BCUT2D eigenvalue weighted by Gasteiger charge is 2.32. The molecule has 58 heavy (non-hydrogen) atoms. The zero-order valence-corrected chi connectivity index (χ0v) is 32.6. The van der Waals surface area contributed by atoms with Crippen LogP contribution in [-0.4, -0.2) is 99.6 Å². The van der Waals surface area contributed by atoms with E-state index in [1.54, 1.807) is 6.20 Å². The molecule has 3 N–H and O–H groups in total. The highest BCUT2D eigenvalue weighted by Crippen LogP contribution is 2.37. The third kappa shape index (κ3) is 9.06. The zero-order valence-electron chi connectivity index (χ0n) is 32.6. The second-order valence-electron chi connectivity index (χ2n) is 16.5. The highest BCUT2D eigenvalue weighted by molar-refractivity contribution is 6.04. The Kier molecular flexibility index (Phi) is 11.8. The van der Waals surface area contributed by atoms with E-state index in [0.717, 1.165) is 131 Å². The third-order valence-electron chi connectivity index (χ3n) is 12.6. The molecule has 3 saturated heterocycles. The van der Waals surface area contributed by atoms with Crippen molar-refractivity contribution in [2.45, 2.75) is 76.0 Å². The van der Waals surface area contributed by atoms with Crippen molar-refractivity contribution in [2.24, 2.45) is 11.8 Å². The molecule has 15 heteroatoms. The van der Waals surface area contributed by atoms with Gasteiger partial charge in [0, 0.05) is 83.2 Å². The number of pyridine rings is 1. The highest BCUT2D eigenvalue weighted by atomic mass is 19.4. The van der Waals surface area contributed by atoms with Gasteiger partial charge in [-0.2, -0.15) is 13.2 Å². The number of amides is 3. The molecule has 3 aliphatic heterocycles. The number of nitrogens with one attached hydrogen (secondary N) is 2. The van der Waals surface area contributed by atoms with Crippen molar-refractivity contribution >= 4 is 40.5 Å². The summed E-state index contributed by atoms with van der Waals surface area (Å²) in [5.41, 5.74) is 2.58. The molecular formula is C43H51F3N8O4. The van der Waals surface area contributed by atoms with E-state index >= 15 is 0 Å². The first-order valence-electron chi connectivity index (χ1n) is 20.6. The van der Waals surface area contributed by atoms with Gasteiger partial charge in [-0.1, -0.05) is 18.2 Å². The third-order valence-corrected chi connectivity index (χ3v) is 12.6. The molecule has 1 atom stereocenters. The molecule has 1 saturated carbocycles. The number of aliphatic hydroxyl groups is 1. The van der Waals surface area contributed by atoms with Crippen LogP contribution in [0.15, 0.2) is 60.8 Å². The molecule has 1 aliphatic carbocycles. The van der Waals surface area contributed by atoms with Crippen molar-refractivity contribution in [3.8, 4) is 0 Å². The van der Waals surface area contributed by atoms with Gasteiger partial charge in [-0.05, 0) is 104 Å². The molecule has 0 bridgehead atoms. The zero-order chi connectivity index (χ0) is 40.4. The molecule has 0 spiro atoms. The van der Waals surface area contributed by atoms with Crippen molar-refractivity contribution in [2.75, 3.05) is 62.6 Å². The first-order valence-corrected chi connectivity index (χ1v) is 20.6. The predicted octanol–water partition coefficient (Wildman–Crippen LogP) is 5.98. The number of piperidine rings is 2. The van der Waals surface area contributed by atoms with Crippen molar-refractivity contribution in [3.63, 3.8) is 0 Å². The second-order valence-corrected chi connectivity index (χ2v) is 16.5. The molecule has 4 aliphatic rings. The van der Waals surface area contributed by atoms with Crippen LogP contribution < -0.4 is 15.5 Å². The SMILES string of the molecule is O=C1CCC(c2ccc(N3CCC(CN4CCN(Cc5ccc6c(c5)nc(NC(=O)c5cccc(C(F)(F)F)c5)n6[C@H]5CC[C@@H](CO)CC5)CC4)CC3)nc2)C(=O)N1. The second kappa shape index (κ2) is 17.2. The fourth-order valence-electron chi connectivity index (χ4n) is 9.20. The summed E-state index contributed by atoms with van der Waals surface area (Å²) in [6, 6.07) is 14.6. The Morgan fingerprint density at radius 3 is 2.31 bits per heavy atom. The van der Waals surface area contributed by atoms with Crippen LogP contribution in [0.3, 0.4) is 0 Å². The molecule has 0 radical (unpaired) electrons. The average molecular weight is 801 g/mol. The number of hydrogen-bond acceptors (Lipinski definition) is 9. The van der Waals surface area contributed by atoms with Crippen LogP contribution in [0.5, 0.6) is 0 Å². The lowest BCUT2D eigenvalue weighted by atomic mass is 9.86.